The Morgan fingerprint density at radius 3 is 2.92 bits per heavy atom. The van der Waals surface area contributed by atoms with Crippen LogP contribution >= 0.6 is 35.3 Å². The number of aromatic nitrogens is 3. The van der Waals surface area contributed by atoms with Crippen molar-refractivity contribution in [3.8, 4) is 5.82 Å². The molecule has 6 nitrogen and oxygen atoms in total. The molecule has 0 amide bonds. The van der Waals surface area contributed by atoms with E-state index >= 15 is 0 Å². The summed E-state index contributed by atoms with van der Waals surface area (Å²) in [6, 6.07) is 8.26. The van der Waals surface area contributed by atoms with Gasteiger partial charge < -0.3 is 10.6 Å². The maximum absolute atomic E-state index is 4.36. The summed E-state index contributed by atoms with van der Waals surface area (Å²) < 4.78 is 1.89. The Morgan fingerprint density at radius 2 is 2.20 bits per heavy atom. The number of nitrogens with zero attached hydrogens (tertiary/aromatic N) is 4. The fraction of sp³-hybridized carbons (Fsp3) is 0.235. The minimum atomic E-state index is 0. The van der Waals surface area contributed by atoms with Crippen molar-refractivity contribution in [1.82, 2.24) is 25.2 Å². The second kappa shape index (κ2) is 10.1. The number of thiophene rings is 1. The van der Waals surface area contributed by atoms with E-state index in [0.29, 0.717) is 6.54 Å². The molecule has 0 fully saturated rings. The van der Waals surface area contributed by atoms with E-state index in [1.165, 1.54) is 4.88 Å². The van der Waals surface area contributed by atoms with E-state index in [1.54, 1.807) is 37.1 Å². The molecule has 0 saturated heterocycles. The number of rotatable bonds is 6. The lowest BCUT2D eigenvalue weighted by Crippen LogP contribution is -2.37. The summed E-state index contributed by atoms with van der Waals surface area (Å²) in [5, 5.41) is 8.76. The summed E-state index contributed by atoms with van der Waals surface area (Å²) in [6.45, 7) is 1.54. The first-order chi connectivity index (χ1) is 11.8. The number of pyridine rings is 1. The lowest BCUT2D eigenvalue weighted by Gasteiger charge is -2.12. The normalized spacial score (nSPS) is 11.0. The Kier molecular flexibility index (Phi) is 7.86. The molecule has 3 heterocycles. The summed E-state index contributed by atoms with van der Waals surface area (Å²) in [4.78, 5) is 14.0. The summed E-state index contributed by atoms with van der Waals surface area (Å²) in [7, 11) is 1.78. The second-order valence-corrected chi connectivity index (χ2v) is 6.21. The summed E-state index contributed by atoms with van der Waals surface area (Å²) in [5.41, 5.74) is 1.13. The molecule has 0 bridgehead atoms. The first kappa shape index (κ1) is 19.4. The molecular formula is C17H21IN6S. The number of nitrogens with one attached hydrogen (secondary N) is 2. The van der Waals surface area contributed by atoms with Crippen LogP contribution in [0.5, 0.6) is 0 Å². The second-order valence-electron chi connectivity index (χ2n) is 5.17. The molecule has 0 unspecified atom stereocenters. The average Bonchev–Trinajstić information content (AvgIpc) is 3.31. The van der Waals surface area contributed by atoms with Crippen molar-refractivity contribution in [2.75, 3.05) is 13.6 Å². The van der Waals surface area contributed by atoms with Crippen molar-refractivity contribution in [3.63, 3.8) is 0 Å². The van der Waals surface area contributed by atoms with E-state index in [-0.39, 0.29) is 24.0 Å². The number of aliphatic imine (C=N–C) groups is 1. The first-order valence-electron chi connectivity index (χ1n) is 7.75. The van der Waals surface area contributed by atoms with Crippen molar-refractivity contribution in [2.45, 2.75) is 13.0 Å². The van der Waals surface area contributed by atoms with E-state index in [2.05, 4.69) is 43.1 Å². The van der Waals surface area contributed by atoms with E-state index < -0.39 is 0 Å². The van der Waals surface area contributed by atoms with Gasteiger partial charge in [-0.3, -0.25) is 9.56 Å². The van der Waals surface area contributed by atoms with Crippen LogP contribution < -0.4 is 10.6 Å². The maximum Gasteiger partial charge on any atom is 0.191 e. The standard InChI is InChI=1S/C17H20N6S.HI/c1-18-17(21-7-5-15-3-2-10-24-15)22-12-14-4-6-20-16(11-14)23-9-8-19-13-23;/h2-4,6,8-11,13H,5,7,12H2,1H3,(H2,18,21,22);1H. The molecular weight excluding hydrogens is 447 g/mol. The lowest BCUT2D eigenvalue weighted by atomic mass is 10.2. The summed E-state index contributed by atoms with van der Waals surface area (Å²) in [6.07, 6.45) is 8.17. The minimum Gasteiger partial charge on any atom is -0.356 e. The number of hydrogen-bond donors (Lipinski definition) is 2. The maximum atomic E-state index is 4.36. The monoisotopic (exact) mass is 468 g/mol. The molecule has 0 aliphatic rings. The van der Waals surface area contributed by atoms with Crippen LogP contribution in [0.15, 0.2) is 59.6 Å². The molecule has 0 aliphatic heterocycles. The van der Waals surface area contributed by atoms with Crippen LogP contribution in [0.3, 0.4) is 0 Å². The molecule has 25 heavy (non-hydrogen) atoms. The number of hydrogen-bond acceptors (Lipinski definition) is 4. The topological polar surface area (TPSA) is 67.1 Å². The molecule has 132 valence electrons. The highest BCUT2D eigenvalue weighted by molar-refractivity contribution is 14.0. The predicted octanol–water partition coefficient (Wildman–Crippen LogP) is 2.85. The van der Waals surface area contributed by atoms with Gasteiger partial charge in [0.15, 0.2) is 5.96 Å². The SMILES string of the molecule is CN=C(NCCc1cccs1)NCc1ccnc(-n2ccnc2)c1.I. The lowest BCUT2D eigenvalue weighted by molar-refractivity contribution is 0.797. The zero-order valence-corrected chi connectivity index (χ0v) is 17.1. The van der Waals surface area contributed by atoms with Crippen molar-refractivity contribution >= 4 is 41.3 Å². The summed E-state index contributed by atoms with van der Waals surface area (Å²) >= 11 is 1.78. The molecule has 2 N–H and O–H groups in total. The molecule has 3 aromatic heterocycles. The van der Waals surface area contributed by atoms with Gasteiger partial charge in [-0.05, 0) is 35.6 Å². The van der Waals surface area contributed by atoms with Crippen LogP contribution in [0.1, 0.15) is 10.4 Å². The Bertz CT molecular complexity index is 770. The van der Waals surface area contributed by atoms with Gasteiger partial charge in [0, 0.05) is 43.6 Å². The highest BCUT2D eigenvalue weighted by Crippen LogP contribution is 2.08. The van der Waals surface area contributed by atoms with Crippen molar-refractivity contribution in [3.05, 3.63) is 65.0 Å². The van der Waals surface area contributed by atoms with Gasteiger partial charge in [-0.15, -0.1) is 35.3 Å². The Balaban J connectivity index is 0.00000225. The third-order valence-corrected chi connectivity index (χ3v) is 4.44. The zero-order valence-electron chi connectivity index (χ0n) is 13.9. The van der Waals surface area contributed by atoms with Gasteiger partial charge >= 0.3 is 0 Å². The van der Waals surface area contributed by atoms with Crippen LogP contribution in [-0.4, -0.2) is 34.1 Å². The zero-order chi connectivity index (χ0) is 16.6. The van der Waals surface area contributed by atoms with Gasteiger partial charge in [-0.2, -0.15) is 0 Å². The molecule has 0 radical (unpaired) electrons. The van der Waals surface area contributed by atoms with Crippen LogP contribution in [0, 0.1) is 0 Å². The van der Waals surface area contributed by atoms with Crippen LogP contribution in [0.4, 0.5) is 0 Å². The van der Waals surface area contributed by atoms with Crippen LogP contribution in [0.25, 0.3) is 5.82 Å². The Morgan fingerprint density at radius 1 is 1.28 bits per heavy atom. The van der Waals surface area contributed by atoms with Crippen LogP contribution in [-0.2, 0) is 13.0 Å². The fourth-order valence-corrected chi connectivity index (χ4v) is 2.98. The fourth-order valence-electron chi connectivity index (χ4n) is 2.27. The number of guanidine groups is 1. The number of imidazole rings is 1. The Hall–Kier alpha value is -1.94. The van der Waals surface area contributed by atoms with Crippen molar-refractivity contribution in [1.29, 1.82) is 0 Å². The van der Waals surface area contributed by atoms with Gasteiger partial charge in [0.1, 0.15) is 12.1 Å². The molecule has 0 saturated carbocycles. The first-order valence-corrected chi connectivity index (χ1v) is 8.63. The third-order valence-electron chi connectivity index (χ3n) is 3.51. The Labute approximate surface area is 168 Å². The molecule has 8 heteroatoms. The predicted molar refractivity (Wildman–Crippen MR) is 113 cm³/mol. The molecule has 0 spiro atoms. The quantitative estimate of drug-likeness (QED) is 0.332. The van der Waals surface area contributed by atoms with Gasteiger partial charge in [-0.25, -0.2) is 9.97 Å². The smallest absolute Gasteiger partial charge is 0.191 e. The highest BCUT2D eigenvalue weighted by atomic mass is 127. The van der Waals surface area contributed by atoms with E-state index in [9.17, 15) is 0 Å². The largest absolute Gasteiger partial charge is 0.356 e. The van der Waals surface area contributed by atoms with E-state index in [1.807, 2.05) is 22.9 Å². The van der Waals surface area contributed by atoms with Crippen molar-refractivity contribution < 1.29 is 0 Å². The molecule has 0 aliphatic carbocycles. The van der Waals surface area contributed by atoms with E-state index in [4.69, 9.17) is 0 Å². The summed E-state index contributed by atoms with van der Waals surface area (Å²) in [5.74, 6) is 1.65. The third kappa shape index (κ3) is 5.82. The average molecular weight is 468 g/mol. The van der Waals surface area contributed by atoms with Crippen LogP contribution in [0.2, 0.25) is 0 Å². The molecule has 0 atom stereocenters. The highest BCUT2D eigenvalue weighted by Gasteiger charge is 2.02. The number of halogens is 1. The molecule has 3 aromatic rings. The van der Waals surface area contributed by atoms with Gasteiger partial charge in [0.05, 0.1) is 0 Å². The van der Waals surface area contributed by atoms with Gasteiger partial charge in [0.2, 0.25) is 0 Å². The molecule has 3 rings (SSSR count). The van der Waals surface area contributed by atoms with Gasteiger partial charge in [-0.1, -0.05) is 6.07 Å². The molecule has 0 aromatic carbocycles. The minimum absolute atomic E-state index is 0. The van der Waals surface area contributed by atoms with E-state index in [0.717, 1.165) is 30.3 Å². The van der Waals surface area contributed by atoms with Crippen molar-refractivity contribution in [2.24, 2.45) is 4.99 Å². The van der Waals surface area contributed by atoms with Gasteiger partial charge in [0.25, 0.3) is 0 Å².